The van der Waals surface area contributed by atoms with Crippen LogP contribution in [0.5, 0.6) is 0 Å². The Morgan fingerprint density at radius 2 is 1.85 bits per heavy atom. The van der Waals surface area contributed by atoms with E-state index >= 15 is 0 Å². The van der Waals surface area contributed by atoms with E-state index in [0.717, 1.165) is 54.6 Å². The van der Waals surface area contributed by atoms with E-state index in [2.05, 4.69) is 50.2 Å². The largest absolute Gasteiger partial charge is 0.364 e. The minimum atomic E-state index is 0. The summed E-state index contributed by atoms with van der Waals surface area (Å²) in [6.07, 6.45) is 4.48. The highest BCUT2D eigenvalue weighted by Gasteiger charge is 2.14. The molecule has 5 nitrogen and oxygen atoms in total. The summed E-state index contributed by atoms with van der Waals surface area (Å²) < 4.78 is 0. The van der Waals surface area contributed by atoms with Crippen molar-refractivity contribution in [2.45, 2.75) is 25.8 Å². The molecular formula is C19H23Cl2N5S. The number of aromatic nitrogens is 3. The van der Waals surface area contributed by atoms with Crippen LogP contribution in [0.4, 0.5) is 5.82 Å². The molecule has 3 heterocycles. The lowest BCUT2D eigenvalue weighted by atomic mass is 10.1. The first kappa shape index (κ1) is 21.6. The Morgan fingerprint density at radius 3 is 2.70 bits per heavy atom. The molecule has 3 aromatic rings. The maximum absolute atomic E-state index is 4.75. The Hall–Kier alpha value is -1.73. The predicted octanol–water partition coefficient (Wildman–Crippen LogP) is 3.67. The highest BCUT2D eigenvalue weighted by Crippen LogP contribution is 2.20. The summed E-state index contributed by atoms with van der Waals surface area (Å²) in [7, 11) is 0. The fourth-order valence-corrected chi connectivity index (χ4v) is 3.91. The minimum absolute atomic E-state index is 0. The number of hydrogen-bond acceptors (Lipinski definition) is 6. The zero-order valence-electron chi connectivity index (χ0n) is 14.9. The van der Waals surface area contributed by atoms with Crippen LogP contribution in [0.1, 0.15) is 27.5 Å². The van der Waals surface area contributed by atoms with Gasteiger partial charge in [0, 0.05) is 30.3 Å². The van der Waals surface area contributed by atoms with Crippen LogP contribution in [0.3, 0.4) is 0 Å². The molecule has 0 unspecified atom stereocenters. The normalized spacial score (nSPS) is 12.9. The average Bonchev–Trinajstić information content (AvgIpc) is 2.94. The van der Waals surface area contributed by atoms with E-state index in [9.17, 15) is 0 Å². The number of nitrogens with one attached hydrogen (secondary N) is 2. The van der Waals surface area contributed by atoms with Gasteiger partial charge in [0.05, 0.1) is 22.9 Å². The predicted molar refractivity (Wildman–Crippen MR) is 115 cm³/mol. The molecule has 4 rings (SSSR count). The standard InChI is InChI=1S/C19H21N5S.2ClH/c1-2-4-14(5-3-1)10-18-24-15(12-25-18)11-21-19-16-6-8-20-9-7-17(16)22-13-23-19;;/h1-5,12-13,20H,6-11H2,(H,21,22,23);2*1H. The highest BCUT2D eigenvalue weighted by atomic mass is 35.5. The van der Waals surface area contributed by atoms with Crippen LogP contribution in [-0.4, -0.2) is 28.0 Å². The second kappa shape index (κ2) is 10.6. The second-order valence-corrected chi connectivity index (χ2v) is 7.09. The van der Waals surface area contributed by atoms with Gasteiger partial charge < -0.3 is 10.6 Å². The Kier molecular flexibility index (Phi) is 8.44. The van der Waals surface area contributed by atoms with E-state index in [1.54, 1.807) is 17.7 Å². The molecule has 1 aromatic carbocycles. The zero-order chi connectivity index (χ0) is 16.9. The summed E-state index contributed by atoms with van der Waals surface area (Å²) in [5.74, 6) is 0.950. The smallest absolute Gasteiger partial charge is 0.133 e. The fraction of sp³-hybridized carbons (Fsp3) is 0.316. The molecule has 0 amide bonds. The van der Waals surface area contributed by atoms with E-state index in [1.165, 1.54) is 11.1 Å². The fourth-order valence-electron chi connectivity index (χ4n) is 3.08. The molecule has 27 heavy (non-hydrogen) atoms. The van der Waals surface area contributed by atoms with E-state index in [0.29, 0.717) is 6.54 Å². The van der Waals surface area contributed by atoms with Crippen LogP contribution in [0, 0.1) is 0 Å². The third-order valence-corrected chi connectivity index (χ3v) is 5.26. The van der Waals surface area contributed by atoms with Crippen molar-refractivity contribution in [3.8, 4) is 0 Å². The molecule has 8 heteroatoms. The minimum Gasteiger partial charge on any atom is -0.364 e. The van der Waals surface area contributed by atoms with Crippen LogP contribution in [0.2, 0.25) is 0 Å². The van der Waals surface area contributed by atoms with Gasteiger partial charge in [-0.2, -0.15) is 0 Å². The van der Waals surface area contributed by atoms with Gasteiger partial charge in [-0.3, -0.25) is 0 Å². The van der Waals surface area contributed by atoms with Crippen molar-refractivity contribution in [1.29, 1.82) is 0 Å². The molecule has 0 bridgehead atoms. The first-order chi connectivity index (χ1) is 12.4. The van der Waals surface area contributed by atoms with Crippen LogP contribution < -0.4 is 10.6 Å². The topological polar surface area (TPSA) is 62.7 Å². The van der Waals surface area contributed by atoms with Crippen LogP contribution in [0.25, 0.3) is 0 Å². The van der Waals surface area contributed by atoms with Gasteiger partial charge in [-0.1, -0.05) is 30.3 Å². The third kappa shape index (κ3) is 5.62. The molecule has 0 spiro atoms. The number of nitrogens with zero attached hydrogens (tertiary/aromatic N) is 3. The van der Waals surface area contributed by atoms with Crippen molar-refractivity contribution in [1.82, 2.24) is 20.3 Å². The molecule has 144 valence electrons. The van der Waals surface area contributed by atoms with Crippen molar-refractivity contribution in [3.63, 3.8) is 0 Å². The number of rotatable bonds is 5. The quantitative estimate of drug-likeness (QED) is 0.655. The summed E-state index contributed by atoms with van der Waals surface area (Å²) in [6, 6.07) is 10.5. The summed E-state index contributed by atoms with van der Waals surface area (Å²) in [5, 5.41) is 10.2. The van der Waals surface area contributed by atoms with Gasteiger partial charge >= 0.3 is 0 Å². The molecule has 0 radical (unpaired) electrons. The van der Waals surface area contributed by atoms with Gasteiger partial charge in [0.1, 0.15) is 12.1 Å². The number of hydrogen-bond donors (Lipinski definition) is 2. The number of halogens is 2. The summed E-state index contributed by atoms with van der Waals surface area (Å²) in [4.78, 5) is 13.6. The maximum atomic E-state index is 4.75. The molecule has 2 aromatic heterocycles. The molecular weight excluding hydrogens is 401 g/mol. The number of anilines is 1. The molecule has 0 fully saturated rings. The Bertz CT molecular complexity index is 841. The molecule has 1 aliphatic rings. The lowest BCUT2D eigenvalue weighted by Gasteiger charge is -2.11. The summed E-state index contributed by atoms with van der Waals surface area (Å²) >= 11 is 1.72. The molecule has 0 saturated heterocycles. The second-order valence-electron chi connectivity index (χ2n) is 6.15. The van der Waals surface area contributed by atoms with Crippen LogP contribution in [-0.2, 0) is 25.8 Å². The van der Waals surface area contributed by atoms with E-state index in [-0.39, 0.29) is 24.8 Å². The van der Waals surface area contributed by atoms with Gasteiger partial charge in [-0.05, 0) is 18.5 Å². The van der Waals surface area contributed by atoms with Crippen molar-refractivity contribution >= 4 is 42.0 Å². The van der Waals surface area contributed by atoms with Crippen LogP contribution in [0.15, 0.2) is 42.0 Å². The first-order valence-electron chi connectivity index (χ1n) is 8.63. The zero-order valence-corrected chi connectivity index (χ0v) is 17.3. The molecule has 1 aliphatic heterocycles. The Morgan fingerprint density at radius 1 is 1.04 bits per heavy atom. The summed E-state index contributed by atoms with van der Waals surface area (Å²) in [5.41, 5.74) is 4.76. The summed E-state index contributed by atoms with van der Waals surface area (Å²) in [6.45, 7) is 2.66. The maximum Gasteiger partial charge on any atom is 0.133 e. The number of fused-ring (bicyclic) bond motifs is 1. The van der Waals surface area contributed by atoms with Gasteiger partial charge in [0.2, 0.25) is 0 Å². The molecule has 2 N–H and O–H groups in total. The van der Waals surface area contributed by atoms with Crippen molar-refractivity contribution in [2.24, 2.45) is 0 Å². The van der Waals surface area contributed by atoms with Crippen LogP contribution >= 0.6 is 36.2 Å². The van der Waals surface area contributed by atoms with Gasteiger partial charge in [0.25, 0.3) is 0 Å². The Balaban J connectivity index is 0.00000131. The van der Waals surface area contributed by atoms with E-state index in [1.807, 2.05) is 6.07 Å². The highest BCUT2D eigenvalue weighted by molar-refractivity contribution is 7.09. The van der Waals surface area contributed by atoms with Gasteiger partial charge in [-0.25, -0.2) is 15.0 Å². The SMILES string of the molecule is Cl.Cl.c1ccc(Cc2nc(CNc3ncnc4c3CCNCC4)cs2)cc1. The third-order valence-electron chi connectivity index (χ3n) is 4.36. The lowest BCUT2D eigenvalue weighted by Crippen LogP contribution is -2.16. The van der Waals surface area contributed by atoms with Crippen molar-refractivity contribution < 1.29 is 0 Å². The lowest BCUT2D eigenvalue weighted by molar-refractivity contribution is 0.708. The number of benzene rings is 1. The van der Waals surface area contributed by atoms with Gasteiger partial charge in [-0.15, -0.1) is 36.2 Å². The monoisotopic (exact) mass is 423 g/mol. The van der Waals surface area contributed by atoms with E-state index in [4.69, 9.17) is 4.98 Å². The molecule has 0 saturated carbocycles. The Labute approximate surface area is 175 Å². The van der Waals surface area contributed by atoms with Crippen molar-refractivity contribution in [3.05, 3.63) is 69.6 Å². The van der Waals surface area contributed by atoms with E-state index < -0.39 is 0 Å². The van der Waals surface area contributed by atoms with Crippen molar-refractivity contribution in [2.75, 3.05) is 18.4 Å². The first-order valence-corrected chi connectivity index (χ1v) is 9.51. The average molecular weight is 424 g/mol. The number of thiazole rings is 1. The molecule has 0 aliphatic carbocycles. The van der Waals surface area contributed by atoms with Gasteiger partial charge in [0.15, 0.2) is 0 Å². The molecule has 0 atom stereocenters.